The number of aryl methyl sites for hydroxylation is 1. The Balaban J connectivity index is 1.87. The van der Waals surface area contributed by atoms with Crippen LogP contribution in [0.2, 0.25) is 5.02 Å². The van der Waals surface area contributed by atoms with E-state index in [0.29, 0.717) is 16.6 Å². The first kappa shape index (κ1) is 14.8. The number of para-hydroxylation sites is 1. The van der Waals surface area contributed by atoms with Gasteiger partial charge < -0.3 is 10.1 Å². The maximum Gasteiger partial charge on any atom is 0.188 e. The Morgan fingerprint density at radius 3 is 2.82 bits per heavy atom. The highest BCUT2D eigenvalue weighted by atomic mass is 35.5. The number of anilines is 2. The summed E-state index contributed by atoms with van der Waals surface area (Å²) < 4.78 is 5.86. The van der Waals surface area contributed by atoms with Gasteiger partial charge in [0, 0.05) is 17.6 Å². The van der Waals surface area contributed by atoms with Gasteiger partial charge in [-0.2, -0.15) is 0 Å². The standard InChI is InChI=1S/C16H14ClN3OS/c1-2-12-10-22-16(19-12)20-15-14(8-11(17)9-18-15)21-13-6-4-3-5-7-13/h3-10H,2H2,1H3,(H,18,19,20). The minimum Gasteiger partial charge on any atom is -0.453 e. The molecule has 0 aliphatic heterocycles. The zero-order chi connectivity index (χ0) is 15.4. The van der Waals surface area contributed by atoms with E-state index in [1.165, 1.54) is 11.3 Å². The predicted octanol–water partition coefficient (Wildman–Crippen LogP) is 5.29. The van der Waals surface area contributed by atoms with Crippen molar-refractivity contribution in [2.75, 3.05) is 5.32 Å². The second-order valence-corrected chi connectivity index (χ2v) is 5.83. The summed E-state index contributed by atoms with van der Waals surface area (Å²) in [6.45, 7) is 2.07. The number of hydrogen-bond acceptors (Lipinski definition) is 5. The maximum absolute atomic E-state index is 6.03. The molecule has 1 aromatic carbocycles. The van der Waals surface area contributed by atoms with E-state index in [1.54, 1.807) is 12.3 Å². The van der Waals surface area contributed by atoms with E-state index in [2.05, 4.69) is 22.2 Å². The highest BCUT2D eigenvalue weighted by Crippen LogP contribution is 2.32. The molecule has 3 rings (SSSR count). The number of thiazole rings is 1. The van der Waals surface area contributed by atoms with Gasteiger partial charge in [0.15, 0.2) is 16.7 Å². The molecule has 0 fully saturated rings. The first-order valence-corrected chi connectivity index (χ1v) is 8.10. The van der Waals surface area contributed by atoms with Crippen LogP contribution in [0.4, 0.5) is 10.9 Å². The van der Waals surface area contributed by atoms with E-state index in [-0.39, 0.29) is 0 Å². The van der Waals surface area contributed by atoms with Gasteiger partial charge in [-0.25, -0.2) is 9.97 Å². The van der Waals surface area contributed by atoms with Crippen molar-refractivity contribution in [1.82, 2.24) is 9.97 Å². The zero-order valence-corrected chi connectivity index (χ0v) is 13.5. The summed E-state index contributed by atoms with van der Waals surface area (Å²) in [7, 11) is 0. The van der Waals surface area contributed by atoms with Crippen molar-refractivity contribution in [3.05, 3.63) is 58.7 Å². The van der Waals surface area contributed by atoms with Gasteiger partial charge in [0.2, 0.25) is 0 Å². The van der Waals surface area contributed by atoms with E-state index >= 15 is 0 Å². The van der Waals surface area contributed by atoms with Gasteiger partial charge in [-0.3, -0.25) is 0 Å². The topological polar surface area (TPSA) is 47.0 Å². The lowest BCUT2D eigenvalue weighted by Crippen LogP contribution is -1.97. The normalized spacial score (nSPS) is 10.5. The van der Waals surface area contributed by atoms with Crippen LogP contribution in [0.3, 0.4) is 0 Å². The number of hydrogen-bond donors (Lipinski definition) is 1. The third-order valence-electron chi connectivity index (χ3n) is 2.93. The molecular weight excluding hydrogens is 318 g/mol. The molecule has 3 aromatic rings. The number of pyridine rings is 1. The molecule has 2 heterocycles. The monoisotopic (exact) mass is 331 g/mol. The smallest absolute Gasteiger partial charge is 0.188 e. The van der Waals surface area contributed by atoms with Crippen molar-refractivity contribution in [2.24, 2.45) is 0 Å². The van der Waals surface area contributed by atoms with Crippen LogP contribution in [0.15, 0.2) is 48.0 Å². The number of nitrogens with zero attached hydrogens (tertiary/aromatic N) is 2. The number of rotatable bonds is 5. The third kappa shape index (κ3) is 3.55. The summed E-state index contributed by atoms with van der Waals surface area (Å²) in [6.07, 6.45) is 2.48. The van der Waals surface area contributed by atoms with Gasteiger partial charge in [0.1, 0.15) is 5.75 Å². The largest absolute Gasteiger partial charge is 0.453 e. The lowest BCUT2D eigenvalue weighted by Gasteiger charge is -2.11. The van der Waals surface area contributed by atoms with Crippen molar-refractivity contribution in [1.29, 1.82) is 0 Å². The SMILES string of the molecule is CCc1csc(Nc2ncc(Cl)cc2Oc2ccccc2)n1. The Hall–Kier alpha value is -2.11. The summed E-state index contributed by atoms with van der Waals surface area (Å²) in [5.74, 6) is 1.88. The molecule has 4 nitrogen and oxygen atoms in total. The molecule has 22 heavy (non-hydrogen) atoms. The van der Waals surface area contributed by atoms with Crippen molar-refractivity contribution in [2.45, 2.75) is 13.3 Å². The van der Waals surface area contributed by atoms with Crippen LogP contribution in [-0.2, 0) is 6.42 Å². The van der Waals surface area contributed by atoms with Gasteiger partial charge in [0.05, 0.1) is 10.7 Å². The lowest BCUT2D eigenvalue weighted by molar-refractivity contribution is 0.483. The summed E-state index contributed by atoms with van der Waals surface area (Å²) in [6, 6.07) is 11.2. The predicted molar refractivity (Wildman–Crippen MR) is 90.5 cm³/mol. The molecule has 2 aromatic heterocycles. The average Bonchev–Trinajstić information content (AvgIpc) is 2.99. The number of nitrogens with one attached hydrogen (secondary N) is 1. The van der Waals surface area contributed by atoms with Crippen LogP contribution in [-0.4, -0.2) is 9.97 Å². The highest BCUT2D eigenvalue weighted by Gasteiger charge is 2.10. The fraction of sp³-hybridized carbons (Fsp3) is 0.125. The highest BCUT2D eigenvalue weighted by molar-refractivity contribution is 7.13. The molecule has 0 saturated carbocycles. The van der Waals surface area contributed by atoms with Crippen molar-refractivity contribution < 1.29 is 4.74 Å². The molecule has 112 valence electrons. The summed E-state index contributed by atoms with van der Waals surface area (Å²) in [5, 5.41) is 6.51. The van der Waals surface area contributed by atoms with Gasteiger partial charge in [0.25, 0.3) is 0 Å². The molecule has 0 spiro atoms. The van der Waals surface area contributed by atoms with E-state index < -0.39 is 0 Å². The molecule has 0 unspecified atom stereocenters. The molecule has 0 amide bonds. The fourth-order valence-electron chi connectivity index (χ4n) is 1.84. The van der Waals surface area contributed by atoms with E-state index in [9.17, 15) is 0 Å². The van der Waals surface area contributed by atoms with Crippen molar-refractivity contribution >= 4 is 33.9 Å². The quantitative estimate of drug-likeness (QED) is 0.690. The molecule has 0 bridgehead atoms. The van der Waals surface area contributed by atoms with Crippen LogP contribution < -0.4 is 10.1 Å². The van der Waals surface area contributed by atoms with Gasteiger partial charge >= 0.3 is 0 Å². The first-order chi connectivity index (χ1) is 10.7. The Labute approximate surface area is 137 Å². The lowest BCUT2D eigenvalue weighted by atomic mass is 10.3. The molecule has 0 radical (unpaired) electrons. The van der Waals surface area contributed by atoms with E-state index in [4.69, 9.17) is 16.3 Å². The van der Waals surface area contributed by atoms with Crippen LogP contribution in [0.25, 0.3) is 0 Å². The number of halogens is 1. The summed E-state index contributed by atoms with van der Waals surface area (Å²) >= 11 is 7.57. The number of aromatic nitrogens is 2. The second kappa shape index (κ2) is 6.77. The molecule has 1 N–H and O–H groups in total. The zero-order valence-electron chi connectivity index (χ0n) is 11.9. The molecule has 0 atom stereocenters. The van der Waals surface area contributed by atoms with Gasteiger partial charge in [-0.1, -0.05) is 36.7 Å². The van der Waals surface area contributed by atoms with Crippen molar-refractivity contribution in [3.63, 3.8) is 0 Å². The number of benzene rings is 1. The van der Waals surface area contributed by atoms with Gasteiger partial charge in [-0.15, -0.1) is 11.3 Å². The Morgan fingerprint density at radius 2 is 2.09 bits per heavy atom. The molecule has 0 aliphatic carbocycles. The molecule has 0 aliphatic rings. The maximum atomic E-state index is 6.03. The fourth-order valence-corrected chi connectivity index (χ4v) is 2.78. The summed E-state index contributed by atoms with van der Waals surface area (Å²) in [4.78, 5) is 8.78. The molecule has 6 heteroatoms. The van der Waals surface area contributed by atoms with E-state index in [1.807, 2.05) is 35.7 Å². The van der Waals surface area contributed by atoms with Crippen LogP contribution in [0.5, 0.6) is 11.5 Å². The Morgan fingerprint density at radius 1 is 1.27 bits per heavy atom. The minimum atomic E-state index is 0.518. The second-order valence-electron chi connectivity index (χ2n) is 4.54. The third-order valence-corrected chi connectivity index (χ3v) is 3.94. The number of ether oxygens (including phenoxy) is 1. The van der Waals surface area contributed by atoms with Crippen LogP contribution >= 0.6 is 22.9 Å². The molecule has 0 saturated heterocycles. The Kier molecular flexibility index (Phi) is 4.56. The average molecular weight is 332 g/mol. The van der Waals surface area contributed by atoms with Crippen molar-refractivity contribution in [3.8, 4) is 11.5 Å². The first-order valence-electron chi connectivity index (χ1n) is 6.84. The molecular formula is C16H14ClN3OS. The Bertz CT molecular complexity index is 761. The van der Waals surface area contributed by atoms with Gasteiger partial charge in [-0.05, 0) is 18.6 Å². The summed E-state index contributed by atoms with van der Waals surface area (Å²) in [5.41, 5.74) is 1.05. The van der Waals surface area contributed by atoms with Crippen LogP contribution in [0.1, 0.15) is 12.6 Å². The minimum absolute atomic E-state index is 0.518. The van der Waals surface area contributed by atoms with Crippen LogP contribution in [0, 0.1) is 0 Å². The van der Waals surface area contributed by atoms with E-state index in [0.717, 1.165) is 23.0 Å².